The van der Waals surface area contributed by atoms with Gasteiger partial charge < -0.3 is 14.8 Å². The van der Waals surface area contributed by atoms with Crippen molar-refractivity contribution in [3.8, 4) is 5.75 Å². The minimum Gasteiger partial charge on any atom is -0.492 e. The third kappa shape index (κ3) is 4.68. The molecular formula is C23H25FN2O4. The molecule has 0 unspecified atom stereocenters. The summed E-state index contributed by atoms with van der Waals surface area (Å²) in [6.07, 6.45) is 0.533. The molecule has 0 fully saturated rings. The van der Waals surface area contributed by atoms with E-state index in [1.54, 1.807) is 12.1 Å². The summed E-state index contributed by atoms with van der Waals surface area (Å²) in [6, 6.07) is 12.7. The zero-order valence-electron chi connectivity index (χ0n) is 17.1. The number of benzene rings is 2. The second-order valence-electron chi connectivity index (χ2n) is 6.62. The van der Waals surface area contributed by atoms with Crippen molar-refractivity contribution in [3.05, 3.63) is 65.6 Å². The molecule has 2 aromatic carbocycles. The van der Waals surface area contributed by atoms with Crippen molar-refractivity contribution in [3.63, 3.8) is 0 Å². The molecule has 0 saturated heterocycles. The monoisotopic (exact) mass is 412 g/mol. The first-order valence-corrected chi connectivity index (χ1v) is 9.99. The van der Waals surface area contributed by atoms with Gasteiger partial charge in [0.25, 0.3) is 11.8 Å². The second kappa shape index (κ2) is 10.0. The maximum Gasteiger partial charge on any atom is 0.278 e. The van der Waals surface area contributed by atoms with Gasteiger partial charge in [-0.05, 0) is 50.1 Å². The summed E-state index contributed by atoms with van der Waals surface area (Å²) in [6.45, 7) is 5.47. The van der Waals surface area contributed by atoms with E-state index in [9.17, 15) is 14.0 Å². The molecule has 3 rings (SSSR count). The van der Waals surface area contributed by atoms with Crippen LogP contribution in [0.1, 0.15) is 25.8 Å². The molecule has 158 valence electrons. The van der Waals surface area contributed by atoms with Crippen molar-refractivity contribution in [2.75, 3.05) is 31.7 Å². The Balaban J connectivity index is 1.96. The number of hydrogen-bond donors (Lipinski definition) is 1. The molecule has 1 aliphatic heterocycles. The van der Waals surface area contributed by atoms with Crippen LogP contribution < -0.4 is 10.1 Å². The third-order valence-corrected chi connectivity index (χ3v) is 4.62. The molecule has 0 spiro atoms. The van der Waals surface area contributed by atoms with Gasteiger partial charge in [-0.15, -0.1) is 0 Å². The van der Waals surface area contributed by atoms with E-state index in [0.717, 1.165) is 0 Å². The lowest BCUT2D eigenvalue weighted by Gasteiger charge is -2.16. The van der Waals surface area contributed by atoms with Gasteiger partial charge in [0.1, 0.15) is 17.3 Å². The van der Waals surface area contributed by atoms with Crippen LogP contribution in [-0.4, -0.2) is 43.1 Å². The highest BCUT2D eigenvalue weighted by Gasteiger charge is 2.39. The standard InChI is InChI=1S/C23H25FN2O4/c1-3-29-15-7-14-26-22(27)20(16-10-12-17(24)13-11-16)21(23(26)28)25-18-8-5-6-9-19(18)30-4-2/h5-6,8-13,25H,3-4,7,14-15H2,1-2H3. The Bertz CT molecular complexity index is 940. The van der Waals surface area contributed by atoms with Crippen LogP contribution in [0.5, 0.6) is 5.75 Å². The molecule has 2 amide bonds. The average Bonchev–Trinajstić information content (AvgIpc) is 2.97. The van der Waals surface area contributed by atoms with Gasteiger partial charge in [0, 0.05) is 19.8 Å². The lowest BCUT2D eigenvalue weighted by Crippen LogP contribution is -2.34. The summed E-state index contributed by atoms with van der Waals surface area (Å²) in [4.78, 5) is 27.4. The highest BCUT2D eigenvalue weighted by atomic mass is 19.1. The van der Waals surface area contributed by atoms with E-state index in [4.69, 9.17) is 9.47 Å². The van der Waals surface area contributed by atoms with Crippen molar-refractivity contribution < 1.29 is 23.5 Å². The fourth-order valence-electron chi connectivity index (χ4n) is 3.23. The Morgan fingerprint density at radius 3 is 2.40 bits per heavy atom. The predicted molar refractivity (Wildman–Crippen MR) is 112 cm³/mol. The molecule has 0 bridgehead atoms. The molecule has 2 aromatic rings. The molecule has 0 atom stereocenters. The first-order chi connectivity index (χ1) is 14.6. The van der Waals surface area contributed by atoms with Crippen molar-refractivity contribution >= 4 is 23.1 Å². The van der Waals surface area contributed by atoms with Crippen molar-refractivity contribution in [1.82, 2.24) is 4.90 Å². The van der Waals surface area contributed by atoms with Gasteiger partial charge in [-0.25, -0.2) is 4.39 Å². The normalized spacial score (nSPS) is 13.9. The number of rotatable bonds is 10. The zero-order valence-corrected chi connectivity index (χ0v) is 17.1. The van der Waals surface area contributed by atoms with Crippen molar-refractivity contribution in [2.24, 2.45) is 0 Å². The van der Waals surface area contributed by atoms with Gasteiger partial charge in [0.15, 0.2) is 0 Å². The molecule has 30 heavy (non-hydrogen) atoms. The molecule has 1 N–H and O–H groups in total. The van der Waals surface area contributed by atoms with Crippen LogP contribution in [-0.2, 0) is 14.3 Å². The van der Waals surface area contributed by atoms with Crippen LogP contribution in [0.25, 0.3) is 5.57 Å². The van der Waals surface area contributed by atoms with E-state index >= 15 is 0 Å². The smallest absolute Gasteiger partial charge is 0.278 e. The number of hydrogen-bond acceptors (Lipinski definition) is 5. The summed E-state index contributed by atoms with van der Waals surface area (Å²) in [5.74, 6) is -0.691. The maximum absolute atomic E-state index is 13.4. The van der Waals surface area contributed by atoms with Crippen LogP contribution >= 0.6 is 0 Å². The van der Waals surface area contributed by atoms with Crippen molar-refractivity contribution in [1.29, 1.82) is 0 Å². The fraction of sp³-hybridized carbons (Fsp3) is 0.304. The quantitative estimate of drug-likeness (QED) is 0.474. The van der Waals surface area contributed by atoms with Gasteiger partial charge in [-0.3, -0.25) is 14.5 Å². The van der Waals surface area contributed by atoms with Crippen LogP contribution in [0.4, 0.5) is 10.1 Å². The topological polar surface area (TPSA) is 67.9 Å². The lowest BCUT2D eigenvalue weighted by molar-refractivity contribution is -0.137. The SMILES string of the molecule is CCOCCCN1C(=O)C(Nc2ccccc2OCC)=C(c2ccc(F)cc2)C1=O. The lowest BCUT2D eigenvalue weighted by atomic mass is 10.0. The molecule has 6 nitrogen and oxygen atoms in total. The number of halogens is 1. The second-order valence-corrected chi connectivity index (χ2v) is 6.62. The number of nitrogens with one attached hydrogen (secondary N) is 1. The predicted octanol–water partition coefficient (Wildman–Crippen LogP) is 3.84. The molecule has 0 radical (unpaired) electrons. The summed E-state index contributed by atoms with van der Waals surface area (Å²) in [7, 11) is 0. The van der Waals surface area contributed by atoms with Crippen LogP contribution in [0.15, 0.2) is 54.2 Å². The Morgan fingerprint density at radius 1 is 0.967 bits per heavy atom. The number of para-hydroxylation sites is 2. The minimum absolute atomic E-state index is 0.148. The highest BCUT2D eigenvalue weighted by molar-refractivity contribution is 6.36. The molecular weight excluding hydrogens is 387 g/mol. The average molecular weight is 412 g/mol. The summed E-state index contributed by atoms with van der Waals surface area (Å²) in [5.41, 5.74) is 1.41. The number of anilines is 1. The van der Waals surface area contributed by atoms with E-state index < -0.39 is 17.6 Å². The zero-order chi connectivity index (χ0) is 21.5. The summed E-state index contributed by atoms with van der Waals surface area (Å²) < 4.78 is 24.4. The minimum atomic E-state index is -0.429. The summed E-state index contributed by atoms with van der Waals surface area (Å²) in [5, 5.41) is 3.09. The van der Waals surface area contributed by atoms with Crippen LogP contribution in [0.2, 0.25) is 0 Å². The Morgan fingerprint density at radius 2 is 1.70 bits per heavy atom. The highest BCUT2D eigenvalue weighted by Crippen LogP contribution is 2.33. The van der Waals surface area contributed by atoms with Gasteiger partial charge in [-0.1, -0.05) is 24.3 Å². The Labute approximate surface area is 175 Å². The molecule has 1 heterocycles. The third-order valence-electron chi connectivity index (χ3n) is 4.62. The van der Waals surface area contributed by atoms with Gasteiger partial charge in [0.2, 0.25) is 0 Å². The van der Waals surface area contributed by atoms with Crippen molar-refractivity contribution in [2.45, 2.75) is 20.3 Å². The Hall–Kier alpha value is -3.19. The molecule has 0 aromatic heterocycles. The largest absolute Gasteiger partial charge is 0.492 e. The molecule has 7 heteroatoms. The van der Waals surface area contributed by atoms with Gasteiger partial charge >= 0.3 is 0 Å². The van der Waals surface area contributed by atoms with E-state index in [1.165, 1.54) is 29.2 Å². The maximum atomic E-state index is 13.4. The number of carbonyl (C=O) groups excluding carboxylic acids is 2. The number of nitrogens with zero attached hydrogens (tertiary/aromatic N) is 1. The van der Waals surface area contributed by atoms with Gasteiger partial charge in [0.05, 0.1) is 17.9 Å². The number of carbonyl (C=O) groups is 2. The van der Waals surface area contributed by atoms with E-state index in [1.807, 2.05) is 26.0 Å². The van der Waals surface area contributed by atoms with Crippen LogP contribution in [0.3, 0.4) is 0 Å². The number of imide groups is 1. The van der Waals surface area contributed by atoms with E-state index in [0.29, 0.717) is 43.2 Å². The fourth-order valence-corrected chi connectivity index (χ4v) is 3.23. The molecule has 1 aliphatic rings. The number of amides is 2. The first kappa shape index (κ1) is 21.5. The first-order valence-electron chi connectivity index (χ1n) is 9.99. The molecule has 0 saturated carbocycles. The Kier molecular flexibility index (Phi) is 7.19. The van der Waals surface area contributed by atoms with E-state index in [-0.39, 0.29) is 17.8 Å². The molecule has 0 aliphatic carbocycles. The van der Waals surface area contributed by atoms with Crippen LogP contribution in [0, 0.1) is 5.82 Å². The summed E-state index contributed by atoms with van der Waals surface area (Å²) >= 11 is 0. The number of ether oxygens (including phenoxy) is 2. The van der Waals surface area contributed by atoms with Gasteiger partial charge in [-0.2, -0.15) is 0 Å². The van der Waals surface area contributed by atoms with E-state index in [2.05, 4.69) is 5.32 Å².